The molecule has 0 saturated carbocycles. The maximum absolute atomic E-state index is 3.89. The van der Waals surface area contributed by atoms with Crippen LogP contribution in [0.3, 0.4) is 0 Å². The normalized spacial score (nSPS) is 42.2. The highest BCUT2D eigenvalue weighted by molar-refractivity contribution is 4.92. The van der Waals surface area contributed by atoms with Gasteiger partial charge in [0.15, 0.2) is 0 Å². The van der Waals surface area contributed by atoms with Crippen LogP contribution in [0.25, 0.3) is 0 Å². The molecule has 3 heterocycles. The third-order valence-electron chi connectivity index (χ3n) is 5.16. The summed E-state index contributed by atoms with van der Waals surface area (Å²) in [5.74, 6) is 0.945. The summed E-state index contributed by atoms with van der Waals surface area (Å²) in [4.78, 5) is 5.29. The number of piperidine rings is 1. The number of fused-ring (bicyclic) bond motifs is 2. The molecule has 4 unspecified atom stereocenters. The molecule has 0 aromatic rings. The van der Waals surface area contributed by atoms with Crippen molar-refractivity contribution in [2.24, 2.45) is 5.92 Å². The molecule has 3 saturated heterocycles. The average Bonchev–Trinajstić information content (AvgIpc) is 2.96. The molecule has 3 heteroatoms. The molecule has 2 bridgehead atoms. The van der Waals surface area contributed by atoms with Crippen LogP contribution in [-0.4, -0.2) is 61.2 Å². The third kappa shape index (κ3) is 2.51. The number of likely N-dealkylation sites (tertiary alicyclic amines) is 1. The molecule has 1 N–H and O–H groups in total. The van der Waals surface area contributed by atoms with Crippen LogP contribution in [0.15, 0.2) is 0 Å². The zero-order chi connectivity index (χ0) is 11.7. The fourth-order valence-corrected chi connectivity index (χ4v) is 4.05. The Morgan fingerprint density at radius 3 is 2.88 bits per heavy atom. The molecule has 17 heavy (non-hydrogen) atoms. The van der Waals surface area contributed by atoms with E-state index < -0.39 is 0 Å². The molecule has 3 rings (SSSR count). The molecular weight excluding hydrogens is 210 g/mol. The lowest BCUT2D eigenvalue weighted by atomic mass is 9.94. The van der Waals surface area contributed by atoms with E-state index in [1.54, 1.807) is 0 Å². The minimum absolute atomic E-state index is 0.813. The Labute approximate surface area is 106 Å². The van der Waals surface area contributed by atoms with Crippen molar-refractivity contribution in [3.8, 4) is 0 Å². The molecule has 0 radical (unpaired) electrons. The second-order valence-electron chi connectivity index (χ2n) is 6.08. The van der Waals surface area contributed by atoms with E-state index in [-0.39, 0.29) is 0 Å². The first-order chi connectivity index (χ1) is 8.36. The van der Waals surface area contributed by atoms with E-state index >= 15 is 0 Å². The summed E-state index contributed by atoms with van der Waals surface area (Å²) in [7, 11) is 0. The van der Waals surface area contributed by atoms with Gasteiger partial charge in [-0.1, -0.05) is 6.92 Å². The summed E-state index contributed by atoms with van der Waals surface area (Å²) in [6.45, 7) is 10.1. The van der Waals surface area contributed by atoms with Gasteiger partial charge in [0.05, 0.1) is 0 Å². The largest absolute Gasteiger partial charge is 0.312 e. The standard InChI is InChI=1S/C14H27N3/c1-2-17-7-3-4-13(17)10-15-14-6-9-16-8-5-12(14)11-16/h12-15H,2-11H2,1H3. The highest BCUT2D eigenvalue weighted by atomic mass is 15.2. The van der Waals surface area contributed by atoms with Crippen LogP contribution in [0.2, 0.25) is 0 Å². The first-order valence-corrected chi connectivity index (χ1v) is 7.56. The number of nitrogens with one attached hydrogen (secondary N) is 1. The molecule has 0 spiro atoms. The van der Waals surface area contributed by atoms with Crippen LogP contribution < -0.4 is 5.32 Å². The summed E-state index contributed by atoms with van der Waals surface area (Å²) < 4.78 is 0. The molecule has 0 amide bonds. The van der Waals surface area contributed by atoms with Gasteiger partial charge in [-0.25, -0.2) is 0 Å². The summed E-state index contributed by atoms with van der Waals surface area (Å²) in [6.07, 6.45) is 5.62. The van der Waals surface area contributed by atoms with Gasteiger partial charge in [-0.15, -0.1) is 0 Å². The van der Waals surface area contributed by atoms with Gasteiger partial charge in [0, 0.05) is 25.2 Å². The van der Waals surface area contributed by atoms with Crippen molar-refractivity contribution in [3.63, 3.8) is 0 Å². The van der Waals surface area contributed by atoms with Crippen LogP contribution in [0.4, 0.5) is 0 Å². The highest BCUT2D eigenvalue weighted by Crippen LogP contribution is 2.27. The van der Waals surface area contributed by atoms with Crippen molar-refractivity contribution < 1.29 is 0 Å². The van der Waals surface area contributed by atoms with Gasteiger partial charge in [0.25, 0.3) is 0 Å². The Bertz CT molecular complexity index is 256. The van der Waals surface area contributed by atoms with Crippen molar-refractivity contribution in [2.75, 3.05) is 39.3 Å². The predicted molar refractivity (Wildman–Crippen MR) is 71.2 cm³/mol. The van der Waals surface area contributed by atoms with Gasteiger partial charge in [-0.3, -0.25) is 4.90 Å². The van der Waals surface area contributed by atoms with Crippen LogP contribution >= 0.6 is 0 Å². The summed E-state index contributed by atoms with van der Waals surface area (Å²) in [6, 6.07) is 1.63. The summed E-state index contributed by atoms with van der Waals surface area (Å²) in [5, 5.41) is 3.89. The van der Waals surface area contributed by atoms with Crippen LogP contribution in [0, 0.1) is 5.92 Å². The van der Waals surface area contributed by atoms with Crippen LogP contribution in [0.5, 0.6) is 0 Å². The smallest absolute Gasteiger partial charge is 0.0221 e. The molecule has 3 aliphatic rings. The molecule has 3 aliphatic heterocycles. The van der Waals surface area contributed by atoms with E-state index in [1.807, 2.05) is 0 Å². The Hall–Kier alpha value is -0.120. The van der Waals surface area contributed by atoms with Gasteiger partial charge in [0.1, 0.15) is 0 Å². The zero-order valence-corrected chi connectivity index (χ0v) is 11.2. The molecule has 3 fully saturated rings. The molecule has 0 aromatic heterocycles. The summed E-state index contributed by atoms with van der Waals surface area (Å²) in [5.41, 5.74) is 0. The number of hydrogen-bond acceptors (Lipinski definition) is 3. The van der Waals surface area contributed by atoms with Gasteiger partial charge < -0.3 is 10.2 Å². The van der Waals surface area contributed by atoms with Gasteiger partial charge in [-0.05, 0) is 57.8 Å². The van der Waals surface area contributed by atoms with E-state index in [2.05, 4.69) is 22.0 Å². The van der Waals surface area contributed by atoms with Gasteiger partial charge >= 0.3 is 0 Å². The van der Waals surface area contributed by atoms with E-state index in [0.29, 0.717) is 0 Å². The molecule has 98 valence electrons. The van der Waals surface area contributed by atoms with Gasteiger partial charge in [-0.2, -0.15) is 0 Å². The Morgan fingerprint density at radius 1 is 1.12 bits per heavy atom. The topological polar surface area (TPSA) is 18.5 Å². The van der Waals surface area contributed by atoms with E-state index in [9.17, 15) is 0 Å². The van der Waals surface area contributed by atoms with Crippen LogP contribution in [-0.2, 0) is 0 Å². The average molecular weight is 237 g/mol. The van der Waals surface area contributed by atoms with Crippen molar-refractivity contribution in [2.45, 2.75) is 44.7 Å². The quantitative estimate of drug-likeness (QED) is 0.791. The minimum atomic E-state index is 0.813. The molecule has 3 nitrogen and oxygen atoms in total. The number of rotatable bonds is 4. The van der Waals surface area contributed by atoms with E-state index in [4.69, 9.17) is 0 Å². The van der Waals surface area contributed by atoms with Crippen molar-refractivity contribution in [1.82, 2.24) is 15.1 Å². The first-order valence-electron chi connectivity index (χ1n) is 7.56. The summed E-state index contributed by atoms with van der Waals surface area (Å²) >= 11 is 0. The second kappa shape index (κ2) is 5.25. The second-order valence-corrected chi connectivity index (χ2v) is 6.08. The maximum Gasteiger partial charge on any atom is 0.0221 e. The SMILES string of the molecule is CCN1CCCC1CNC1CCN2CCC1C2. The van der Waals surface area contributed by atoms with E-state index in [0.717, 1.165) is 18.0 Å². The fraction of sp³-hybridized carbons (Fsp3) is 1.00. The number of likely N-dealkylation sites (N-methyl/N-ethyl adjacent to an activating group) is 1. The van der Waals surface area contributed by atoms with Crippen molar-refractivity contribution in [1.29, 1.82) is 0 Å². The molecule has 0 aromatic carbocycles. The first kappa shape index (κ1) is 11.9. The van der Waals surface area contributed by atoms with E-state index in [1.165, 1.54) is 65.0 Å². The Balaban J connectivity index is 1.47. The molecular formula is C14H27N3. The predicted octanol–water partition coefficient (Wildman–Crippen LogP) is 1.15. The lowest BCUT2D eigenvalue weighted by Gasteiger charge is -2.33. The fourth-order valence-electron chi connectivity index (χ4n) is 4.05. The maximum atomic E-state index is 3.89. The Morgan fingerprint density at radius 2 is 2.00 bits per heavy atom. The molecule has 4 atom stereocenters. The minimum Gasteiger partial charge on any atom is -0.312 e. The zero-order valence-electron chi connectivity index (χ0n) is 11.2. The van der Waals surface area contributed by atoms with Crippen molar-refractivity contribution in [3.05, 3.63) is 0 Å². The monoisotopic (exact) mass is 237 g/mol. The van der Waals surface area contributed by atoms with Gasteiger partial charge in [0.2, 0.25) is 0 Å². The number of nitrogens with zero attached hydrogens (tertiary/aromatic N) is 2. The lowest BCUT2D eigenvalue weighted by Crippen LogP contribution is -2.48. The molecule has 0 aliphatic carbocycles. The van der Waals surface area contributed by atoms with Crippen LogP contribution in [0.1, 0.15) is 32.6 Å². The lowest BCUT2D eigenvalue weighted by molar-refractivity contribution is 0.200. The van der Waals surface area contributed by atoms with Crippen molar-refractivity contribution >= 4 is 0 Å². The third-order valence-corrected chi connectivity index (χ3v) is 5.16. The Kier molecular flexibility index (Phi) is 3.69. The number of hydrogen-bond donors (Lipinski definition) is 1. The highest BCUT2D eigenvalue weighted by Gasteiger charge is 2.34.